The van der Waals surface area contributed by atoms with Gasteiger partial charge >= 0.3 is 0 Å². The minimum Gasteiger partial charge on any atom is -0.352 e. The third-order valence-corrected chi connectivity index (χ3v) is 2.29. The Morgan fingerprint density at radius 2 is 2.19 bits per heavy atom. The van der Waals surface area contributed by atoms with Crippen molar-refractivity contribution in [1.82, 2.24) is 15.0 Å². The molecule has 2 aromatic rings. The lowest BCUT2D eigenvalue weighted by atomic mass is 10.3. The van der Waals surface area contributed by atoms with Crippen molar-refractivity contribution < 1.29 is 0 Å². The average molecular weight is 235 g/mol. The Labute approximate surface area is 98.9 Å². The van der Waals surface area contributed by atoms with E-state index >= 15 is 0 Å². The van der Waals surface area contributed by atoms with Gasteiger partial charge in [-0.25, -0.2) is 4.98 Å². The zero-order valence-corrected chi connectivity index (χ0v) is 9.59. The summed E-state index contributed by atoms with van der Waals surface area (Å²) in [6.45, 7) is 0.676. The summed E-state index contributed by atoms with van der Waals surface area (Å²) in [5.74, 6) is 0.734. The van der Waals surface area contributed by atoms with E-state index in [-0.39, 0.29) is 0 Å². The Balaban J connectivity index is 2.12. The Bertz CT molecular complexity index is 461. The predicted molar refractivity (Wildman–Crippen MR) is 63.4 cm³/mol. The van der Waals surface area contributed by atoms with E-state index in [0.717, 1.165) is 11.5 Å². The van der Waals surface area contributed by atoms with Crippen molar-refractivity contribution in [2.75, 3.05) is 11.9 Å². The predicted octanol–water partition coefficient (Wildman–Crippen LogP) is 2.16. The van der Waals surface area contributed by atoms with Gasteiger partial charge in [0.15, 0.2) is 0 Å². The molecule has 2 aromatic heterocycles. The van der Waals surface area contributed by atoms with Crippen LogP contribution in [0.2, 0.25) is 5.15 Å². The van der Waals surface area contributed by atoms with Crippen LogP contribution in [0.15, 0.2) is 36.8 Å². The van der Waals surface area contributed by atoms with Crippen LogP contribution < -0.4 is 4.90 Å². The second-order valence-electron chi connectivity index (χ2n) is 3.38. The second-order valence-corrected chi connectivity index (χ2v) is 3.76. The highest BCUT2D eigenvalue weighted by molar-refractivity contribution is 6.29. The van der Waals surface area contributed by atoms with Crippen LogP contribution in [0.25, 0.3) is 0 Å². The summed E-state index contributed by atoms with van der Waals surface area (Å²) in [7, 11) is 1.93. The van der Waals surface area contributed by atoms with E-state index in [4.69, 9.17) is 11.6 Å². The fraction of sp³-hybridized carbons (Fsp3) is 0.182. The third-order valence-electron chi connectivity index (χ3n) is 2.11. The summed E-state index contributed by atoms with van der Waals surface area (Å²) in [6, 6.07) is 5.82. The smallest absolute Gasteiger partial charge is 0.149 e. The lowest BCUT2D eigenvalue weighted by Crippen LogP contribution is -2.18. The van der Waals surface area contributed by atoms with Crippen molar-refractivity contribution in [2.24, 2.45) is 0 Å². The molecule has 5 heteroatoms. The van der Waals surface area contributed by atoms with Crippen molar-refractivity contribution >= 4 is 17.4 Å². The summed E-state index contributed by atoms with van der Waals surface area (Å²) in [5.41, 5.74) is 0.978. The third kappa shape index (κ3) is 2.67. The summed E-state index contributed by atoms with van der Waals surface area (Å²) in [4.78, 5) is 14.4. The Kier molecular flexibility index (Phi) is 3.31. The molecule has 0 fully saturated rings. The minimum atomic E-state index is 0.394. The highest BCUT2D eigenvalue weighted by atomic mass is 35.5. The first-order valence-electron chi connectivity index (χ1n) is 4.84. The quantitative estimate of drug-likeness (QED) is 0.816. The van der Waals surface area contributed by atoms with E-state index in [0.29, 0.717) is 11.7 Å². The highest BCUT2D eigenvalue weighted by Crippen LogP contribution is 2.12. The minimum absolute atomic E-state index is 0.394. The first kappa shape index (κ1) is 10.8. The van der Waals surface area contributed by atoms with Gasteiger partial charge in [-0.15, -0.1) is 0 Å². The maximum absolute atomic E-state index is 5.78. The second kappa shape index (κ2) is 4.90. The number of halogens is 1. The van der Waals surface area contributed by atoms with Gasteiger partial charge in [-0.2, -0.15) is 0 Å². The van der Waals surface area contributed by atoms with Gasteiger partial charge in [0.1, 0.15) is 11.0 Å². The van der Waals surface area contributed by atoms with Crippen LogP contribution in [0.1, 0.15) is 5.69 Å². The monoisotopic (exact) mass is 234 g/mol. The number of nitrogens with zero attached hydrogens (tertiary/aromatic N) is 4. The number of pyridine rings is 1. The normalized spacial score (nSPS) is 10.1. The largest absolute Gasteiger partial charge is 0.352 e. The average Bonchev–Trinajstić information content (AvgIpc) is 2.30. The van der Waals surface area contributed by atoms with E-state index < -0.39 is 0 Å². The van der Waals surface area contributed by atoms with Crippen LogP contribution >= 0.6 is 11.6 Å². The molecule has 2 heterocycles. The molecule has 16 heavy (non-hydrogen) atoms. The maximum Gasteiger partial charge on any atom is 0.149 e. The van der Waals surface area contributed by atoms with Crippen molar-refractivity contribution in [3.05, 3.63) is 47.6 Å². The fourth-order valence-electron chi connectivity index (χ4n) is 1.33. The number of aromatic nitrogens is 3. The molecule has 0 N–H and O–H groups in total. The molecule has 0 radical (unpaired) electrons. The summed E-state index contributed by atoms with van der Waals surface area (Å²) in [5, 5.41) is 0.394. The van der Waals surface area contributed by atoms with Gasteiger partial charge in [0.2, 0.25) is 0 Å². The molecule has 82 valence electrons. The topological polar surface area (TPSA) is 41.9 Å². The zero-order chi connectivity index (χ0) is 11.4. The number of hydrogen-bond donors (Lipinski definition) is 0. The fourth-order valence-corrected chi connectivity index (χ4v) is 1.48. The maximum atomic E-state index is 5.78. The molecular formula is C11H11ClN4. The van der Waals surface area contributed by atoms with Gasteiger partial charge in [0.05, 0.1) is 24.6 Å². The lowest BCUT2D eigenvalue weighted by molar-refractivity contribution is 0.860. The van der Waals surface area contributed by atoms with E-state index in [1.54, 1.807) is 12.4 Å². The van der Waals surface area contributed by atoms with Crippen LogP contribution in [0.3, 0.4) is 0 Å². The molecule has 0 spiro atoms. The Morgan fingerprint density at radius 1 is 1.31 bits per heavy atom. The molecule has 4 nitrogen and oxygen atoms in total. The van der Waals surface area contributed by atoms with E-state index in [2.05, 4.69) is 15.0 Å². The molecule has 0 aliphatic heterocycles. The first-order valence-corrected chi connectivity index (χ1v) is 5.22. The molecule has 2 rings (SSSR count). The Morgan fingerprint density at radius 3 is 2.88 bits per heavy atom. The van der Waals surface area contributed by atoms with Gasteiger partial charge in [-0.05, 0) is 12.1 Å². The summed E-state index contributed by atoms with van der Waals surface area (Å²) >= 11 is 5.78. The molecule has 0 bridgehead atoms. The first-order chi connectivity index (χ1) is 7.75. The zero-order valence-electron chi connectivity index (χ0n) is 8.84. The van der Waals surface area contributed by atoms with Crippen LogP contribution in [0, 0.1) is 0 Å². The molecule has 0 aliphatic rings. The van der Waals surface area contributed by atoms with E-state index in [1.165, 1.54) is 6.20 Å². The van der Waals surface area contributed by atoms with Crippen molar-refractivity contribution in [3.63, 3.8) is 0 Å². The van der Waals surface area contributed by atoms with Gasteiger partial charge in [-0.1, -0.05) is 17.7 Å². The van der Waals surface area contributed by atoms with Crippen LogP contribution in [0.5, 0.6) is 0 Å². The van der Waals surface area contributed by atoms with Gasteiger partial charge in [0.25, 0.3) is 0 Å². The number of anilines is 1. The molecule has 0 saturated heterocycles. The van der Waals surface area contributed by atoms with Gasteiger partial charge in [-0.3, -0.25) is 9.97 Å². The number of rotatable bonds is 3. The van der Waals surface area contributed by atoms with Crippen molar-refractivity contribution in [2.45, 2.75) is 6.54 Å². The van der Waals surface area contributed by atoms with Gasteiger partial charge < -0.3 is 4.90 Å². The van der Waals surface area contributed by atoms with Crippen molar-refractivity contribution in [3.8, 4) is 0 Å². The molecule has 0 amide bonds. The highest BCUT2D eigenvalue weighted by Gasteiger charge is 2.04. The van der Waals surface area contributed by atoms with E-state index in [1.807, 2.05) is 30.1 Å². The standard InChI is InChI=1S/C11H11ClN4/c1-16(8-9-4-2-3-5-14-9)11-7-13-6-10(12)15-11/h2-7H,8H2,1H3. The Hall–Kier alpha value is -1.68. The molecule has 0 aromatic carbocycles. The summed E-state index contributed by atoms with van der Waals surface area (Å²) < 4.78 is 0. The van der Waals surface area contributed by atoms with Crippen LogP contribution in [-0.4, -0.2) is 22.0 Å². The van der Waals surface area contributed by atoms with Crippen LogP contribution in [0.4, 0.5) is 5.82 Å². The van der Waals surface area contributed by atoms with Crippen molar-refractivity contribution in [1.29, 1.82) is 0 Å². The molecule has 0 atom stereocenters. The van der Waals surface area contributed by atoms with Gasteiger partial charge in [0, 0.05) is 13.2 Å². The molecule has 0 aliphatic carbocycles. The molecule has 0 saturated carbocycles. The lowest BCUT2D eigenvalue weighted by Gasteiger charge is -2.16. The van der Waals surface area contributed by atoms with E-state index in [9.17, 15) is 0 Å². The SMILES string of the molecule is CN(Cc1ccccn1)c1cncc(Cl)n1. The molecule has 0 unspecified atom stereocenters. The van der Waals surface area contributed by atoms with Crippen LogP contribution in [-0.2, 0) is 6.54 Å². The summed E-state index contributed by atoms with van der Waals surface area (Å²) in [6.07, 6.45) is 4.96. The number of hydrogen-bond acceptors (Lipinski definition) is 4. The molecular weight excluding hydrogens is 224 g/mol.